The maximum Gasteiger partial charge on any atom is 0.343 e. The second-order valence-corrected chi connectivity index (χ2v) is 9.63. The van der Waals surface area contributed by atoms with Crippen LogP contribution in [-0.2, 0) is 14.3 Å². The lowest BCUT2D eigenvalue weighted by Crippen LogP contribution is -2.41. The van der Waals surface area contributed by atoms with E-state index in [1.807, 2.05) is 0 Å². The molecule has 0 unspecified atom stereocenters. The van der Waals surface area contributed by atoms with Gasteiger partial charge in [0.15, 0.2) is 11.5 Å². The van der Waals surface area contributed by atoms with E-state index in [0.717, 1.165) is 12.8 Å². The molecule has 2 N–H and O–H groups in total. The number of hydrazone groups is 1. The number of nitrogens with zero attached hydrogens (tertiary/aromatic N) is 2. The topological polar surface area (TPSA) is 145 Å². The molecule has 1 aliphatic rings. The summed E-state index contributed by atoms with van der Waals surface area (Å²) in [5.74, 6) is -1.75. The van der Waals surface area contributed by atoms with Crippen LogP contribution in [0.25, 0.3) is 0 Å². The maximum atomic E-state index is 12.9. The van der Waals surface area contributed by atoms with Gasteiger partial charge in [-0.1, -0.05) is 25.5 Å². The molecule has 0 bridgehead atoms. The van der Waals surface area contributed by atoms with Crippen LogP contribution in [-0.4, -0.2) is 74.8 Å². The van der Waals surface area contributed by atoms with Crippen molar-refractivity contribution in [2.45, 2.75) is 19.8 Å². The third kappa shape index (κ3) is 8.65. The maximum absolute atomic E-state index is 12.9. The van der Waals surface area contributed by atoms with Crippen molar-refractivity contribution >= 4 is 35.6 Å². The van der Waals surface area contributed by atoms with Crippen LogP contribution in [0.4, 0.5) is 5.69 Å². The Labute approximate surface area is 254 Å². The average Bonchev–Trinajstić information content (AvgIpc) is 3.06. The number of amides is 3. The van der Waals surface area contributed by atoms with Gasteiger partial charge in [-0.05, 0) is 66.6 Å². The summed E-state index contributed by atoms with van der Waals surface area (Å²) in [6.45, 7) is 4.43. The Hall–Kier alpha value is -5.23. The fourth-order valence-electron chi connectivity index (χ4n) is 4.14. The largest absolute Gasteiger partial charge is 0.494 e. The van der Waals surface area contributed by atoms with Crippen LogP contribution in [0.3, 0.4) is 0 Å². The number of methoxy groups -OCH3 is 1. The predicted octanol–water partition coefficient (Wildman–Crippen LogP) is 3.65. The molecule has 3 aromatic carbocycles. The summed E-state index contributed by atoms with van der Waals surface area (Å²) >= 11 is 0. The fraction of sp³-hybridized carbons (Fsp3) is 0.281. The van der Waals surface area contributed by atoms with Gasteiger partial charge in [-0.25, -0.2) is 10.2 Å². The number of unbranched alkanes of at least 4 members (excludes halogenated alkanes) is 1. The Morgan fingerprint density at radius 3 is 2.43 bits per heavy atom. The quantitative estimate of drug-likeness (QED) is 0.0845. The highest BCUT2D eigenvalue weighted by Crippen LogP contribution is 2.28. The van der Waals surface area contributed by atoms with Gasteiger partial charge in [-0.15, -0.1) is 0 Å². The summed E-state index contributed by atoms with van der Waals surface area (Å²) in [5.41, 5.74) is 3.47. The molecule has 1 aliphatic heterocycles. The molecule has 4 rings (SSSR count). The zero-order valence-electron chi connectivity index (χ0n) is 24.5. The van der Waals surface area contributed by atoms with Crippen LogP contribution in [0.15, 0.2) is 71.8 Å². The number of para-hydroxylation sites is 1. The molecule has 0 aliphatic carbocycles. The molecule has 1 saturated heterocycles. The number of esters is 1. The highest BCUT2D eigenvalue weighted by Gasteiger charge is 2.23. The first-order chi connectivity index (χ1) is 21.4. The van der Waals surface area contributed by atoms with Gasteiger partial charge >= 0.3 is 17.8 Å². The lowest BCUT2D eigenvalue weighted by atomic mass is 10.1. The van der Waals surface area contributed by atoms with Crippen molar-refractivity contribution in [3.05, 3.63) is 83.4 Å². The van der Waals surface area contributed by atoms with Gasteiger partial charge in [0.25, 0.3) is 5.91 Å². The van der Waals surface area contributed by atoms with Crippen LogP contribution < -0.4 is 25.0 Å². The van der Waals surface area contributed by atoms with E-state index in [2.05, 4.69) is 22.8 Å². The van der Waals surface area contributed by atoms with E-state index in [-0.39, 0.29) is 28.7 Å². The van der Waals surface area contributed by atoms with Crippen molar-refractivity contribution in [2.75, 3.05) is 45.3 Å². The highest BCUT2D eigenvalue weighted by atomic mass is 16.6. The Kier molecular flexibility index (Phi) is 11.4. The molecule has 44 heavy (non-hydrogen) atoms. The van der Waals surface area contributed by atoms with Crippen molar-refractivity contribution in [2.24, 2.45) is 5.10 Å². The van der Waals surface area contributed by atoms with Gasteiger partial charge in [-0.2, -0.15) is 5.10 Å². The number of benzene rings is 3. The number of hydrogen-bond acceptors (Lipinski definition) is 9. The number of carbonyl (C=O) groups excluding carboxylic acids is 4. The second kappa shape index (κ2) is 15.8. The van der Waals surface area contributed by atoms with E-state index < -0.39 is 17.8 Å². The molecule has 3 aromatic rings. The summed E-state index contributed by atoms with van der Waals surface area (Å²) < 4.78 is 21.8. The summed E-state index contributed by atoms with van der Waals surface area (Å²) in [6.07, 6.45) is 3.27. The number of ether oxygens (including phenoxy) is 4. The number of nitrogens with one attached hydrogen (secondary N) is 2. The van der Waals surface area contributed by atoms with Crippen LogP contribution in [0, 0.1) is 0 Å². The number of carbonyl (C=O) groups is 4. The molecule has 12 nitrogen and oxygen atoms in total. The number of hydrogen-bond donors (Lipinski definition) is 2. The SMILES string of the molecule is CCCCOc1ccc(C(=O)Oc2ccc(C=NNC(=O)C(=O)Nc3ccccc3C(=O)N3CCOCC3)cc2OC)cc1. The van der Waals surface area contributed by atoms with Gasteiger partial charge in [0.1, 0.15) is 5.75 Å². The first-order valence-corrected chi connectivity index (χ1v) is 14.1. The highest BCUT2D eigenvalue weighted by molar-refractivity contribution is 6.40. The molecular weight excluding hydrogens is 568 g/mol. The van der Waals surface area contributed by atoms with Crippen LogP contribution in [0.2, 0.25) is 0 Å². The Morgan fingerprint density at radius 2 is 1.70 bits per heavy atom. The van der Waals surface area contributed by atoms with Crippen molar-refractivity contribution in [3.63, 3.8) is 0 Å². The van der Waals surface area contributed by atoms with Crippen LogP contribution in [0.1, 0.15) is 46.0 Å². The van der Waals surface area contributed by atoms with Gasteiger partial charge in [0, 0.05) is 13.1 Å². The molecule has 0 atom stereocenters. The van der Waals surface area contributed by atoms with E-state index in [1.165, 1.54) is 19.4 Å². The van der Waals surface area contributed by atoms with Crippen LogP contribution >= 0.6 is 0 Å². The van der Waals surface area contributed by atoms with Crippen molar-refractivity contribution in [3.8, 4) is 17.2 Å². The average molecular weight is 603 g/mol. The third-order valence-corrected chi connectivity index (χ3v) is 6.54. The van der Waals surface area contributed by atoms with Crippen LogP contribution in [0.5, 0.6) is 17.2 Å². The fourth-order valence-corrected chi connectivity index (χ4v) is 4.14. The van der Waals surface area contributed by atoms with Gasteiger partial charge in [0.2, 0.25) is 0 Å². The van der Waals surface area contributed by atoms with Crippen molar-refractivity contribution in [1.29, 1.82) is 0 Å². The normalized spacial score (nSPS) is 12.8. The number of anilines is 1. The van der Waals surface area contributed by atoms with E-state index in [1.54, 1.807) is 65.6 Å². The third-order valence-electron chi connectivity index (χ3n) is 6.54. The first-order valence-electron chi connectivity index (χ1n) is 14.1. The molecule has 230 valence electrons. The summed E-state index contributed by atoms with van der Waals surface area (Å²) in [4.78, 5) is 52.1. The zero-order valence-corrected chi connectivity index (χ0v) is 24.5. The lowest BCUT2D eigenvalue weighted by Gasteiger charge is -2.27. The molecule has 0 spiro atoms. The van der Waals surface area contributed by atoms with Crippen molar-refractivity contribution in [1.82, 2.24) is 10.3 Å². The molecule has 1 fully saturated rings. The lowest BCUT2D eigenvalue weighted by molar-refractivity contribution is -0.136. The Balaban J connectivity index is 1.32. The van der Waals surface area contributed by atoms with Gasteiger partial charge in [0.05, 0.1) is 50.0 Å². The Morgan fingerprint density at radius 1 is 0.955 bits per heavy atom. The van der Waals surface area contributed by atoms with Gasteiger partial charge < -0.3 is 29.2 Å². The standard InChI is InChI=1S/C32H34N4O8/c1-3-4-17-43-24-12-10-23(11-13-24)32(40)44-27-14-9-22(20-28(27)41-2)21-33-35-30(38)29(37)34-26-8-6-5-7-25(26)31(39)36-15-18-42-19-16-36/h5-14,20-21H,3-4,15-19H2,1-2H3,(H,34,37)(H,35,38). The molecule has 1 heterocycles. The van der Waals surface area contributed by atoms with Gasteiger partial charge in [-0.3, -0.25) is 14.4 Å². The first kappa shape index (κ1) is 31.7. The number of rotatable bonds is 11. The van der Waals surface area contributed by atoms with E-state index in [9.17, 15) is 19.2 Å². The minimum absolute atomic E-state index is 0.187. The van der Waals surface area contributed by atoms with Crippen molar-refractivity contribution < 1.29 is 38.1 Å². The Bertz CT molecular complexity index is 1500. The molecular formula is C32H34N4O8. The molecule has 0 aromatic heterocycles. The molecule has 12 heteroatoms. The molecule has 0 saturated carbocycles. The van der Waals surface area contributed by atoms with E-state index in [4.69, 9.17) is 18.9 Å². The monoisotopic (exact) mass is 602 g/mol. The van der Waals surface area contributed by atoms with E-state index >= 15 is 0 Å². The number of morpholine rings is 1. The predicted molar refractivity (Wildman–Crippen MR) is 162 cm³/mol. The summed E-state index contributed by atoms with van der Waals surface area (Å²) in [6, 6.07) is 17.8. The molecule has 3 amide bonds. The summed E-state index contributed by atoms with van der Waals surface area (Å²) in [5, 5.41) is 6.31. The zero-order chi connectivity index (χ0) is 31.3. The van der Waals surface area contributed by atoms with E-state index in [0.29, 0.717) is 49.8 Å². The molecule has 0 radical (unpaired) electrons. The minimum Gasteiger partial charge on any atom is -0.494 e. The summed E-state index contributed by atoms with van der Waals surface area (Å²) in [7, 11) is 1.42. The minimum atomic E-state index is -1.03. The smallest absolute Gasteiger partial charge is 0.343 e. The second-order valence-electron chi connectivity index (χ2n) is 9.63.